The fourth-order valence-electron chi connectivity index (χ4n) is 3.17. The maximum Gasteiger partial charge on any atom is 0.291 e. The summed E-state index contributed by atoms with van der Waals surface area (Å²) in [4.78, 5) is 29.3. The fourth-order valence-corrected chi connectivity index (χ4v) is 3.17. The van der Waals surface area contributed by atoms with Crippen molar-refractivity contribution in [2.24, 2.45) is 0 Å². The smallest absolute Gasteiger partial charge is 0.291 e. The van der Waals surface area contributed by atoms with Crippen molar-refractivity contribution in [2.45, 2.75) is 44.7 Å². The average molecular weight is 360 g/mol. The van der Waals surface area contributed by atoms with Crippen molar-refractivity contribution in [3.05, 3.63) is 47.0 Å². The summed E-state index contributed by atoms with van der Waals surface area (Å²) in [6, 6.07) is 3.52. The summed E-state index contributed by atoms with van der Waals surface area (Å²) in [5, 5.41) is 5.12. The van der Waals surface area contributed by atoms with Gasteiger partial charge in [0.15, 0.2) is 5.82 Å². The van der Waals surface area contributed by atoms with Gasteiger partial charge in [-0.25, -0.2) is 13.8 Å². The van der Waals surface area contributed by atoms with E-state index in [-0.39, 0.29) is 23.5 Å². The Bertz CT molecular complexity index is 869. The lowest BCUT2D eigenvalue weighted by atomic mass is 10.1. The molecule has 2 N–H and O–H groups in total. The van der Waals surface area contributed by atoms with Crippen molar-refractivity contribution in [2.75, 3.05) is 5.32 Å². The molecule has 8 heteroatoms. The molecule has 2 amide bonds. The number of nitrogens with one attached hydrogen (secondary N) is 2. The number of carbonyl (C=O) groups is 2. The van der Waals surface area contributed by atoms with E-state index in [9.17, 15) is 18.4 Å². The van der Waals surface area contributed by atoms with Crippen LogP contribution in [-0.2, 0) is 13.0 Å². The van der Waals surface area contributed by atoms with E-state index in [4.69, 9.17) is 0 Å². The third kappa shape index (κ3) is 3.07. The van der Waals surface area contributed by atoms with E-state index < -0.39 is 23.2 Å². The SMILES string of the molecule is O=C(NC1CC1)c1nc(C(=O)Nc2c(F)cccc2F)n2c1CCCC2. The number of amides is 2. The zero-order valence-corrected chi connectivity index (χ0v) is 14.0. The lowest BCUT2D eigenvalue weighted by molar-refractivity contribution is 0.0945. The number of fused-ring (bicyclic) bond motifs is 1. The number of aromatic nitrogens is 2. The number of hydrogen-bond acceptors (Lipinski definition) is 3. The second-order valence-electron chi connectivity index (χ2n) is 6.64. The molecule has 1 aromatic heterocycles. The van der Waals surface area contributed by atoms with Crippen LogP contribution >= 0.6 is 0 Å². The lowest BCUT2D eigenvalue weighted by Crippen LogP contribution is -2.27. The van der Waals surface area contributed by atoms with Crippen LogP contribution in [0.1, 0.15) is 52.5 Å². The van der Waals surface area contributed by atoms with Crippen LogP contribution in [0.3, 0.4) is 0 Å². The van der Waals surface area contributed by atoms with E-state index in [1.807, 2.05) is 0 Å². The van der Waals surface area contributed by atoms with Gasteiger partial charge < -0.3 is 15.2 Å². The van der Waals surface area contributed by atoms with Crippen LogP contribution in [-0.4, -0.2) is 27.4 Å². The first-order valence-electron chi connectivity index (χ1n) is 8.70. The Morgan fingerprint density at radius 1 is 1.12 bits per heavy atom. The van der Waals surface area contributed by atoms with Gasteiger partial charge in [0.1, 0.15) is 23.0 Å². The van der Waals surface area contributed by atoms with Crippen molar-refractivity contribution in [3.8, 4) is 0 Å². The molecule has 0 spiro atoms. The van der Waals surface area contributed by atoms with Crippen LogP contribution in [0.2, 0.25) is 0 Å². The van der Waals surface area contributed by atoms with Crippen LogP contribution < -0.4 is 10.6 Å². The van der Waals surface area contributed by atoms with Gasteiger partial charge in [0.05, 0.1) is 5.69 Å². The summed E-state index contributed by atoms with van der Waals surface area (Å²) >= 11 is 0. The summed E-state index contributed by atoms with van der Waals surface area (Å²) in [5.74, 6) is -2.76. The molecule has 2 heterocycles. The van der Waals surface area contributed by atoms with Crippen LogP contribution in [0.15, 0.2) is 18.2 Å². The Morgan fingerprint density at radius 2 is 1.85 bits per heavy atom. The summed E-state index contributed by atoms with van der Waals surface area (Å²) in [5.41, 5.74) is 0.416. The molecule has 0 atom stereocenters. The summed E-state index contributed by atoms with van der Waals surface area (Å²) in [6.07, 6.45) is 4.28. The zero-order chi connectivity index (χ0) is 18.3. The Hall–Kier alpha value is -2.77. The molecule has 4 rings (SSSR count). The van der Waals surface area contributed by atoms with Gasteiger partial charge in [0.25, 0.3) is 11.8 Å². The largest absolute Gasteiger partial charge is 0.348 e. The van der Waals surface area contributed by atoms with Crippen molar-refractivity contribution in [3.63, 3.8) is 0 Å². The molecule has 0 unspecified atom stereocenters. The van der Waals surface area contributed by atoms with Crippen molar-refractivity contribution in [1.29, 1.82) is 0 Å². The molecule has 1 aliphatic heterocycles. The highest BCUT2D eigenvalue weighted by molar-refractivity contribution is 6.03. The minimum Gasteiger partial charge on any atom is -0.348 e. The number of anilines is 1. The van der Waals surface area contributed by atoms with Gasteiger partial charge in [-0.2, -0.15) is 0 Å². The van der Waals surface area contributed by atoms with Crippen LogP contribution in [0.25, 0.3) is 0 Å². The monoisotopic (exact) mass is 360 g/mol. The van der Waals surface area contributed by atoms with E-state index in [0.717, 1.165) is 37.8 Å². The molecule has 6 nitrogen and oxygen atoms in total. The van der Waals surface area contributed by atoms with E-state index in [2.05, 4.69) is 15.6 Å². The summed E-state index contributed by atoms with van der Waals surface area (Å²) in [7, 11) is 0. The minimum atomic E-state index is -0.865. The Kier molecular flexibility index (Phi) is 4.18. The second-order valence-corrected chi connectivity index (χ2v) is 6.64. The Morgan fingerprint density at radius 3 is 2.54 bits per heavy atom. The highest BCUT2D eigenvalue weighted by Crippen LogP contribution is 2.25. The van der Waals surface area contributed by atoms with Gasteiger partial charge in [-0.15, -0.1) is 0 Å². The molecule has 1 fully saturated rings. The Labute approximate surface area is 148 Å². The summed E-state index contributed by atoms with van der Waals surface area (Å²) in [6.45, 7) is 0.543. The maximum atomic E-state index is 13.8. The number of carbonyl (C=O) groups excluding carboxylic acids is 2. The second kappa shape index (κ2) is 6.51. The fraction of sp³-hybridized carbons (Fsp3) is 0.389. The Balaban J connectivity index is 1.66. The van der Waals surface area contributed by atoms with Gasteiger partial charge >= 0.3 is 0 Å². The van der Waals surface area contributed by atoms with Crippen LogP contribution in [0.5, 0.6) is 0 Å². The van der Waals surface area contributed by atoms with Gasteiger partial charge in [0, 0.05) is 12.6 Å². The number of benzene rings is 1. The molecule has 2 aliphatic rings. The number of halogens is 2. The quantitative estimate of drug-likeness (QED) is 0.880. The molecule has 0 radical (unpaired) electrons. The van der Waals surface area contributed by atoms with E-state index in [0.29, 0.717) is 18.7 Å². The average Bonchev–Trinajstić information content (AvgIpc) is 3.35. The third-order valence-corrected chi connectivity index (χ3v) is 4.65. The third-order valence-electron chi connectivity index (χ3n) is 4.65. The minimum absolute atomic E-state index is 0.00306. The van der Waals surface area contributed by atoms with E-state index >= 15 is 0 Å². The standard InChI is InChI=1S/C18H18F2N4O2/c19-11-4-3-5-12(20)14(11)23-18(26)16-22-15(17(25)21-10-7-8-10)13-6-1-2-9-24(13)16/h3-5,10H,1-2,6-9H2,(H,21,25)(H,23,26). The molecular weight excluding hydrogens is 342 g/mol. The van der Waals surface area contributed by atoms with Crippen molar-refractivity contribution >= 4 is 17.5 Å². The number of nitrogens with zero attached hydrogens (tertiary/aromatic N) is 2. The number of para-hydroxylation sites is 1. The predicted molar refractivity (Wildman–Crippen MR) is 90.0 cm³/mol. The first-order chi connectivity index (χ1) is 12.5. The van der Waals surface area contributed by atoms with E-state index in [1.54, 1.807) is 4.57 Å². The molecule has 1 saturated carbocycles. The van der Waals surface area contributed by atoms with Gasteiger partial charge in [-0.05, 0) is 44.2 Å². The highest BCUT2D eigenvalue weighted by Gasteiger charge is 2.31. The van der Waals surface area contributed by atoms with Gasteiger partial charge in [-0.3, -0.25) is 9.59 Å². The van der Waals surface area contributed by atoms with Gasteiger partial charge in [-0.1, -0.05) is 6.07 Å². The van der Waals surface area contributed by atoms with Gasteiger partial charge in [0.2, 0.25) is 0 Å². The topological polar surface area (TPSA) is 76.0 Å². The summed E-state index contributed by atoms with van der Waals surface area (Å²) < 4.78 is 29.3. The highest BCUT2D eigenvalue weighted by atomic mass is 19.1. The van der Waals surface area contributed by atoms with Crippen molar-refractivity contribution in [1.82, 2.24) is 14.9 Å². The predicted octanol–water partition coefficient (Wildman–Crippen LogP) is 2.64. The molecule has 2 aromatic rings. The maximum absolute atomic E-state index is 13.8. The van der Waals surface area contributed by atoms with Crippen LogP contribution in [0.4, 0.5) is 14.5 Å². The molecular formula is C18H18F2N4O2. The molecule has 1 aromatic carbocycles. The first kappa shape index (κ1) is 16.7. The molecule has 0 saturated heterocycles. The molecule has 136 valence electrons. The molecule has 1 aliphatic carbocycles. The number of rotatable bonds is 4. The first-order valence-corrected chi connectivity index (χ1v) is 8.70. The molecule has 0 bridgehead atoms. The van der Waals surface area contributed by atoms with Crippen LogP contribution in [0, 0.1) is 11.6 Å². The lowest BCUT2D eigenvalue weighted by Gasteiger charge is -2.17. The number of hydrogen-bond donors (Lipinski definition) is 2. The number of imidazole rings is 1. The molecule has 26 heavy (non-hydrogen) atoms. The van der Waals surface area contributed by atoms with Crippen molar-refractivity contribution < 1.29 is 18.4 Å². The normalized spacial score (nSPS) is 16.1. The zero-order valence-electron chi connectivity index (χ0n) is 14.0. The van der Waals surface area contributed by atoms with E-state index in [1.165, 1.54) is 6.07 Å².